The van der Waals surface area contributed by atoms with Gasteiger partial charge in [0.25, 0.3) is 0 Å². The highest BCUT2D eigenvalue weighted by molar-refractivity contribution is 7.98. The highest BCUT2D eigenvalue weighted by Crippen LogP contribution is 2.36. The lowest BCUT2D eigenvalue weighted by Gasteiger charge is -2.04. The summed E-state index contributed by atoms with van der Waals surface area (Å²) < 4.78 is 11.1. The number of H-pyrrole nitrogens is 1. The summed E-state index contributed by atoms with van der Waals surface area (Å²) in [6, 6.07) is 24.5. The van der Waals surface area contributed by atoms with E-state index in [9.17, 15) is 4.79 Å². The molecular weight excluding hydrogens is 456 g/mol. The first-order chi connectivity index (χ1) is 17.0. The van der Waals surface area contributed by atoms with Crippen LogP contribution < -0.4 is 0 Å². The average Bonchev–Trinajstić information content (AvgIpc) is 3.46. The van der Waals surface area contributed by atoms with Gasteiger partial charge in [-0.2, -0.15) is 0 Å². The monoisotopic (exact) mass is 482 g/mol. The van der Waals surface area contributed by atoms with Crippen LogP contribution in [0.25, 0.3) is 33.5 Å². The lowest BCUT2D eigenvalue weighted by Crippen LogP contribution is -2.05. The van der Waals surface area contributed by atoms with Gasteiger partial charge in [-0.15, -0.1) is 0 Å². The van der Waals surface area contributed by atoms with Crippen LogP contribution in [0.15, 0.2) is 82.4 Å². The quantitative estimate of drug-likeness (QED) is 0.191. The zero-order valence-electron chi connectivity index (χ0n) is 19.9. The summed E-state index contributed by atoms with van der Waals surface area (Å²) in [5.74, 6) is 0.323. The van der Waals surface area contributed by atoms with Crippen LogP contribution in [0.5, 0.6) is 0 Å². The van der Waals surface area contributed by atoms with Crippen LogP contribution in [0.4, 0.5) is 0 Å². The Balaban J connectivity index is 1.52. The number of furan rings is 1. The Morgan fingerprint density at radius 1 is 0.943 bits per heavy atom. The molecule has 0 unspecified atom stereocenters. The molecule has 0 spiro atoms. The molecule has 0 aliphatic carbocycles. The molecule has 1 N–H and O–H groups in total. The van der Waals surface area contributed by atoms with Gasteiger partial charge in [-0.3, -0.25) is 0 Å². The zero-order chi connectivity index (χ0) is 24.4. The van der Waals surface area contributed by atoms with E-state index < -0.39 is 5.97 Å². The van der Waals surface area contributed by atoms with Gasteiger partial charge in [-0.1, -0.05) is 89.6 Å². The number of fused-ring (bicyclic) bond motifs is 1. The maximum absolute atomic E-state index is 12.6. The number of rotatable bonds is 7. The van der Waals surface area contributed by atoms with Crippen molar-refractivity contribution in [1.29, 1.82) is 0 Å². The van der Waals surface area contributed by atoms with Gasteiger partial charge < -0.3 is 14.1 Å². The Labute approximate surface area is 208 Å². The Morgan fingerprint density at radius 2 is 1.60 bits per heavy atom. The number of nitrogens with zero attached hydrogens (tertiary/aromatic N) is 1. The van der Waals surface area contributed by atoms with E-state index in [0.29, 0.717) is 17.9 Å². The number of thioether (sulfide) groups is 1. The number of hydrogen-bond acceptors (Lipinski definition) is 5. The summed E-state index contributed by atoms with van der Waals surface area (Å²) in [4.78, 5) is 21.1. The molecule has 35 heavy (non-hydrogen) atoms. The molecule has 0 bridgehead atoms. The van der Waals surface area contributed by atoms with Crippen LogP contribution in [0, 0.1) is 13.8 Å². The van der Waals surface area contributed by atoms with Crippen molar-refractivity contribution < 1.29 is 13.9 Å². The van der Waals surface area contributed by atoms with Crippen molar-refractivity contribution in [3.8, 4) is 22.5 Å². The maximum Gasteiger partial charge on any atom is 0.374 e. The predicted molar refractivity (Wildman–Crippen MR) is 141 cm³/mol. The number of ether oxygens (including phenoxy) is 1. The third-order valence-corrected chi connectivity index (χ3v) is 6.76. The van der Waals surface area contributed by atoms with Crippen molar-refractivity contribution >= 4 is 28.7 Å². The largest absolute Gasteiger partial charge is 0.460 e. The van der Waals surface area contributed by atoms with Crippen LogP contribution in [0.3, 0.4) is 0 Å². The number of nitrogens with one attached hydrogen (secondary N) is 1. The van der Waals surface area contributed by atoms with Crippen molar-refractivity contribution in [2.45, 2.75) is 31.7 Å². The van der Waals surface area contributed by atoms with Crippen LogP contribution in [0.1, 0.15) is 34.2 Å². The number of carbonyl (C=O) groups excluding carboxylic acids is 1. The molecule has 0 saturated heterocycles. The molecule has 5 rings (SSSR count). The summed E-state index contributed by atoms with van der Waals surface area (Å²) in [6.45, 7) is 6.24. The number of aromatic amines is 1. The second kappa shape index (κ2) is 9.84. The third kappa shape index (κ3) is 4.75. The Bertz CT molecular complexity index is 1420. The van der Waals surface area contributed by atoms with E-state index in [-0.39, 0.29) is 5.76 Å². The van der Waals surface area contributed by atoms with Gasteiger partial charge in [0.05, 0.1) is 18.0 Å². The molecule has 0 aliphatic rings. The van der Waals surface area contributed by atoms with Crippen LogP contribution >= 0.6 is 11.8 Å². The van der Waals surface area contributed by atoms with Crippen molar-refractivity contribution in [3.63, 3.8) is 0 Å². The van der Waals surface area contributed by atoms with Gasteiger partial charge in [0, 0.05) is 27.8 Å². The molecule has 0 radical (unpaired) electrons. The predicted octanol–water partition coefficient (Wildman–Crippen LogP) is 7.58. The molecule has 0 amide bonds. The summed E-state index contributed by atoms with van der Waals surface area (Å²) in [5, 5.41) is 1.68. The number of aromatic nitrogens is 2. The normalized spacial score (nSPS) is 11.2. The van der Waals surface area contributed by atoms with E-state index in [1.165, 1.54) is 22.9 Å². The van der Waals surface area contributed by atoms with Crippen LogP contribution in [-0.4, -0.2) is 22.5 Å². The molecule has 5 nitrogen and oxygen atoms in total. The highest BCUT2D eigenvalue weighted by atomic mass is 32.2. The molecular formula is C29H26N2O3S. The van der Waals surface area contributed by atoms with E-state index in [1.54, 1.807) is 6.92 Å². The average molecular weight is 483 g/mol. The first kappa shape index (κ1) is 23.0. The highest BCUT2D eigenvalue weighted by Gasteiger charge is 2.23. The van der Waals surface area contributed by atoms with E-state index in [1.807, 2.05) is 24.3 Å². The molecule has 2 heterocycles. The van der Waals surface area contributed by atoms with Crippen molar-refractivity contribution in [1.82, 2.24) is 9.97 Å². The smallest absolute Gasteiger partial charge is 0.374 e. The van der Waals surface area contributed by atoms with Gasteiger partial charge >= 0.3 is 5.97 Å². The van der Waals surface area contributed by atoms with Gasteiger partial charge in [0.15, 0.2) is 5.16 Å². The standard InChI is InChI=1S/C29H26N2O3S/c1-4-33-28(32)27-23(22-7-5-6-8-24(22)34-27)17-35-29-30-25(20-13-9-18(2)10-14-20)26(31-29)21-15-11-19(3)12-16-21/h5-16H,4,17H2,1-3H3,(H,30,31). The summed E-state index contributed by atoms with van der Waals surface area (Å²) >= 11 is 1.54. The van der Waals surface area contributed by atoms with E-state index in [2.05, 4.69) is 67.4 Å². The van der Waals surface area contributed by atoms with Gasteiger partial charge in [0.1, 0.15) is 5.58 Å². The Hall–Kier alpha value is -3.77. The zero-order valence-corrected chi connectivity index (χ0v) is 20.7. The maximum atomic E-state index is 12.6. The van der Waals surface area contributed by atoms with Gasteiger partial charge in [0.2, 0.25) is 5.76 Å². The fraction of sp³-hybridized carbons (Fsp3) is 0.172. The molecule has 0 atom stereocenters. The molecule has 3 aromatic carbocycles. The molecule has 6 heteroatoms. The van der Waals surface area contributed by atoms with Gasteiger partial charge in [-0.25, -0.2) is 9.78 Å². The number of hydrogen-bond donors (Lipinski definition) is 1. The summed E-state index contributed by atoms with van der Waals surface area (Å²) in [7, 11) is 0. The van der Waals surface area contributed by atoms with Crippen molar-refractivity contribution in [2.24, 2.45) is 0 Å². The number of carbonyl (C=O) groups is 1. The minimum Gasteiger partial charge on any atom is -0.460 e. The number of esters is 1. The first-order valence-electron chi connectivity index (χ1n) is 11.6. The SMILES string of the molecule is CCOC(=O)c1oc2ccccc2c1CSc1nc(-c2ccc(C)cc2)c(-c2ccc(C)cc2)[nH]1. The van der Waals surface area contributed by atoms with Crippen molar-refractivity contribution in [3.05, 3.63) is 95.2 Å². The Morgan fingerprint density at radius 3 is 2.29 bits per heavy atom. The Kier molecular flexibility index (Phi) is 6.47. The third-order valence-electron chi connectivity index (χ3n) is 5.86. The summed E-state index contributed by atoms with van der Waals surface area (Å²) in [6.07, 6.45) is 0. The fourth-order valence-corrected chi connectivity index (χ4v) is 4.91. The van der Waals surface area contributed by atoms with Crippen molar-refractivity contribution in [2.75, 3.05) is 6.61 Å². The topological polar surface area (TPSA) is 68.1 Å². The minimum absolute atomic E-state index is 0.254. The molecule has 176 valence electrons. The second-order valence-corrected chi connectivity index (χ2v) is 9.38. The minimum atomic E-state index is -0.445. The summed E-state index contributed by atoms with van der Waals surface area (Å²) in [5.41, 5.74) is 7.90. The lowest BCUT2D eigenvalue weighted by molar-refractivity contribution is 0.0491. The van der Waals surface area contributed by atoms with E-state index in [4.69, 9.17) is 14.1 Å². The van der Waals surface area contributed by atoms with E-state index in [0.717, 1.165) is 38.6 Å². The fourth-order valence-electron chi connectivity index (χ4n) is 4.01. The molecule has 0 aliphatic heterocycles. The molecule has 0 fully saturated rings. The number of benzene rings is 3. The second-order valence-electron chi connectivity index (χ2n) is 8.41. The van der Waals surface area contributed by atoms with Crippen LogP contribution in [0.2, 0.25) is 0 Å². The first-order valence-corrected chi connectivity index (χ1v) is 12.6. The molecule has 2 aromatic heterocycles. The lowest BCUT2D eigenvalue weighted by atomic mass is 10.0. The number of aryl methyl sites for hydroxylation is 2. The van der Waals surface area contributed by atoms with Gasteiger partial charge in [-0.05, 0) is 26.8 Å². The molecule has 0 saturated carbocycles. The van der Waals surface area contributed by atoms with E-state index >= 15 is 0 Å². The van der Waals surface area contributed by atoms with Crippen LogP contribution in [-0.2, 0) is 10.5 Å². The number of imidazole rings is 1. The molecule has 5 aromatic rings. The number of para-hydroxylation sites is 1.